The summed E-state index contributed by atoms with van der Waals surface area (Å²) in [5.74, 6) is 1.37. The van der Waals surface area contributed by atoms with Gasteiger partial charge in [-0.3, -0.25) is 5.10 Å². The third kappa shape index (κ3) is 4.50. The van der Waals surface area contributed by atoms with Gasteiger partial charge in [0, 0.05) is 18.5 Å². The Labute approximate surface area is 167 Å². The molecule has 3 heterocycles. The number of benzene rings is 1. The molecule has 9 heteroatoms. The molecule has 1 unspecified atom stereocenters. The fourth-order valence-electron chi connectivity index (χ4n) is 3.26. The fraction of sp³-hybridized carbons (Fsp3) is 0.300. The molecule has 1 atom stereocenters. The molecule has 0 bridgehead atoms. The van der Waals surface area contributed by atoms with Gasteiger partial charge in [-0.25, -0.2) is 14.4 Å². The predicted molar refractivity (Wildman–Crippen MR) is 105 cm³/mol. The van der Waals surface area contributed by atoms with Crippen molar-refractivity contribution in [2.45, 2.75) is 12.8 Å². The van der Waals surface area contributed by atoms with Crippen molar-refractivity contribution >= 4 is 11.6 Å². The largest absolute Gasteiger partial charge is 0.492 e. The number of piperidine rings is 1. The van der Waals surface area contributed by atoms with Crippen molar-refractivity contribution in [1.29, 1.82) is 5.26 Å². The Balaban J connectivity index is 1.51. The number of hydrogen-bond acceptors (Lipinski definition) is 7. The van der Waals surface area contributed by atoms with E-state index in [2.05, 4.69) is 30.8 Å². The maximum absolute atomic E-state index is 14.6. The molecule has 3 aromatic rings. The van der Waals surface area contributed by atoms with Gasteiger partial charge < -0.3 is 15.4 Å². The molecule has 0 amide bonds. The van der Waals surface area contributed by atoms with E-state index in [1.54, 1.807) is 18.2 Å². The third-order valence-electron chi connectivity index (χ3n) is 4.72. The summed E-state index contributed by atoms with van der Waals surface area (Å²) in [6.45, 7) is 2.48. The zero-order valence-corrected chi connectivity index (χ0v) is 15.7. The van der Waals surface area contributed by atoms with E-state index < -0.39 is 5.82 Å². The SMILES string of the molecule is N#Cc1cnc(Nc2cc(-c3c(F)cccc3OCC3CCCNC3)[nH]n2)cn1. The van der Waals surface area contributed by atoms with Gasteiger partial charge in [-0.1, -0.05) is 6.07 Å². The van der Waals surface area contributed by atoms with E-state index >= 15 is 0 Å². The summed E-state index contributed by atoms with van der Waals surface area (Å²) in [4.78, 5) is 8.03. The number of nitrogens with zero attached hydrogens (tertiary/aromatic N) is 4. The molecule has 29 heavy (non-hydrogen) atoms. The van der Waals surface area contributed by atoms with Crippen LogP contribution in [-0.2, 0) is 0 Å². The number of nitriles is 1. The molecule has 1 aliphatic heterocycles. The Morgan fingerprint density at radius 1 is 1.28 bits per heavy atom. The molecule has 0 radical (unpaired) electrons. The van der Waals surface area contributed by atoms with Crippen molar-refractivity contribution in [3.05, 3.63) is 48.2 Å². The zero-order valence-electron chi connectivity index (χ0n) is 15.7. The van der Waals surface area contributed by atoms with Crippen LogP contribution in [0.25, 0.3) is 11.3 Å². The minimum Gasteiger partial charge on any atom is -0.492 e. The highest BCUT2D eigenvalue weighted by atomic mass is 19.1. The minimum atomic E-state index is -0.391. The van der Waals surface area contributed by atoms with E-state index in [9.17, 15) is 4.39 Å². The van der Waals surface area contributed by atoms with Gasteiger partial charge >= 0.3 is 0 Å². The number of aromatic nitrogens is 4. The van der Waals surface area contributed by atoms with Gasteiger partial charge in [0.15, 0.2) is 11.5 Å². The summed E-state index contributed by atoms with van der Waals surface area (Å²) in [7, 11) is 0. The second-order valence-corrected chi connectivity index (χ2v) is 6.83. The first-order chi connectivity index (χ1) is 14.2. The number of H-pyrrole nitrogens is 1. The molecular weight excluding hydrogens is 373 g/mol. The lowest BCUT2D eigenvalue weighted by Gasteiger charge is -2.23. The van der Waals surface area contributed by atoms with Gasteiger partial charge in [0.05, 0.1) is 30.3 Å². The third-order valence-corrected chi connectivity index (χ3v) is 4.72. The van der Waals surface area contributed by atoms with Crippen LogP contribution in [0.5, 0.6) is 5.75 Å². The van der Waals surface area contributed by atoms with Gasteiger partial charge in [-0.05, 0) is 31.5 Å². The number of hydrogen-bond donors (Lipinski definition) is 3. The highest BCUT2D eigenvalue weighted by Gasteiger charge is 2.18. The molecule has 148 valence electrons. The number of rotatable bonds is 6. The quantitative estimate of drug-likeness (QED) is 0.590. The van der Waals surface area contributed by atoms with Crippen LogP contribution in [0, 0.1) is 23.1 Å². The number of nitrogens with one attached hydrogen (secondary N) is 3. The van der Waals surface area contributed by atoms with Crippen LogP contribution in [0.2, 0.25) is 0 Å². The van der Waals surface area contributed by atoms with E-state index in [1.807, 2.05) is 6.07 Å². The summed E-state index contributed by atoms with van der Waals surface area (Å²) in [6.07, 6.45) is 5.01. The van der Waals surface area contributed by atoms with Crippen molar-refractivity contribution < 1.29 is 9.13 Å². The Morgan fingerprint density at radius 3 is 2.97 bits per heavy atom. The van der Waals surface area contributed by atoms with Gasteiger partial charge in [-0.2, -0.15) is 10.4 Å². The highest BCUT2D eigenvalue weighted by Crippen LogP contribution is 2.33. The van der Waals surface area contributed by atoms with E-state index in [-0.39, 0.29) is 5.69 Å². The van der Waals surface area contributed by atoms with Gasteiger partial charge in [0.1, 0.15) is 23.5 Å². The Kier molecular flexibility index (Phi) is 5.63. The van der Waals surface area contributed by atoms with Crippen LogP contribution in [0.3, 0.4) is 0 Å². The molecule has 0 spiro atoms. The molecule has 1 saturated heterocycles. The first kappa shape index (κ1) is 18.8. The summed E-state index contributed by atoms with van der Waals surface area (Å²) in [5.41, 5.74) is 1.05. The molecule has 4 rings (SSSR count). The fourth-order valence-corrected chi connectivity index (χ4v) is 3.26. The van der Waals surface area contributed by atoms with E-state index in [1.165, 1.54) is 18.5 Å². The van der Waals surface area contributed by atoms with Crippen LogP contribution in [0.4, 0.5) is 16.0 Å². The Morgan fingerprint density at radius 2 is 2.21 bits per heavy atom. The van der Waals surface area contributed by atoms with Crippen molar-refractivity contribution in [1.82, 2.24) is 25.5 Å². The number of ether oxygens (including phenoxy) is 1. The van der Waals surface area contributed by atoms with Crippen LogP contribution in [-0.4, -0.2) is 39.9 Å². The van der Waals surface area contributed by atoms with Gasteiger partial charge in [0.25, 0.3) is 0 Å². The normalized spacial score (nSPS) is 16.2. The van der Waals surface area contributed by atoms with Crippen LogP contribution in [0.1, 0.15) is 18.5 Å². The molecule has 1 fully saturated rings. The summed E-state index contributed by atoms with van der Waals surface area (Å²) in [5, 5.41) is 22.1. The average molecular weight is 393 g/mol. The van der Waals surface area contributed by atoms with Crippen LogP contribution in [0.15, 0.2) is 36.7 Å². The molecule has 2 aromatic heterocycles. The minimum absolute atomic E-state index is 0.222. The molecule has 8 nitrogen and oxygen atoms in total. The Bertz CT molecular complexity index is 1010. The maximum atomic E-state index is 14.6. The average Bonchev–Trinajstić information content (AvgIpc) is 3.21. The van der Waals surface area contributed by atoms with Crippen LogP contribution >= 0.6 is 0 Å². The van der Waals surface area contributed by atoms with E-state index in [4.69, 9.17) is 10.00 Å². The first-order valence-electron chi connectivity index (χ1n) is 9.40. The molecular formula is C20H20FN7O. The second-order valence-electron chi connectivity index (χ2n) is 6.83. The highest BCUT2D eigenvalue weighted by molar-refractivity contribution is 5.71. The first-order valence-corrected chi connectivity index (χ1v) is 9.40. The lowest BCUT2D eigenvalue weighted by molar-refractivity contribution is 0.218. The molecule has 0 saturated carbocycles. The second kappa shape index (κ2) is 8.67. The van der Waals surface area contributed by atoms with Crippen molar-refractivity contribution in [2.75, 3.05) is 25.0 Å². The van der Waals surface area contributed by atoms with Crippen molar-refractivity contribution in [3.8, 4) is 23.1 Å². The smallest absolute Gasteiger partial charge is 0.158 e. The molecule has 3 N–H and O–H groups in total. The molecule has 1 aromatic carbocycles. The van der Waals surface area contributed by atoms with Crippen molar-refractivity contribution in [2.24, 2.45) is 5.92 Å². The Hall–Kier alpha value is -3.51. The lowest BCUT2D eigenvalue weighted by Crippen LogP contribution is -2.33. The monoisotopic (exact) mass is 393 g/mol. The van der Waals surface area contributed by atoms with E-state index in [0.717, 1.165) is 25.9 Å². The summed E-state index contributed by atoms with van der Waals surface area (Å²) < 4.78 is 20.6. The van der Waals surface area contributed by atoms with Crippen molar-refractivity contribution in [3.63, 3.8) is 0 Å². The number of aromatic amines is 1. The molecule has 1 aliphatic rings. The maximum Gasteiger partial charge on any atom is 0.158 e. The van der Waals surface area contributed by atoms with Crippen LogP contribution < -0.4 is 15.4 Å². The number of halogens is 1. The zero-order chi connectivity index (χ0) is 20.1. The summed E-state index contributed by atoms with van der Waals surface area (Å²) in [6, 6.07) is 8.37. The van der Waals surface area contributed by atoms with E-state index in [0.29, 0.717) is 41.2 Å². The predicted octanol–water partition coefficient (Wildman–Crippen LogP) is 3.00. The summed E-state index contributed by atoms with van der Waals surface area (Å²) >= 11 is 0. The van der Waals surface area contributed by atoms with Gasteiger partial charge in [-0.15, -0.1) is 0 Å². The molecule has 0 aliphatic carbocycles. The topological polar surface area (TPSA) is 112 Å². The standard InChI is InChI=1S/C20H20FN7O/c21-15-4-1-5-17(29-12-13-3-2-6-23-9-13)20(15)16-7-18(28-27-16)26-19-11-24-14(8-22)10-25-19/h1,4-5,7,10-11,13,23H,2-3,6,9,12H2,(H2,25,26,27,28). The van der Waals surface area contributed by atoms with Gasteiger partial charge in [0.2, 0.25) is 0 Å². The number of anilines is 2. The lowest BCUT2D eigenvalue weighted by atomic mass is 10.0.